The van der Waals surface area contributed by atoms with Crippen molar-refractivity contribution in [2.75, 3.05) is 20.6 Å². The molecule has 0 radical (unpaired) electrons. The summed E-state index contributed by atoms with van der Waals surface area (Å²) in [5, 5.41) is 11.7. The second-order valence-electron chi connectivity index (χ2n) is 4.64. The van der Waals surface area contributed by atoms with Gasteiger partial charge in [-0.25, -0.2) is 4.79 Å². The summed E-state index contributed by atoms with van der Waals surface area (Å²) in [5.74, 6) is -0.434. The fourth-order valence-electron chi connectivity index (χ4n) is 2.00. The number of nitrogens with zero attached hydrogens (tertiary/aromatic N) is 1. The summed E-state index contributed by atoms with van der Waals surface area (Å²) in [5.41, 5.74) is 0. The van der Waals surface area contributed by atoms with Crippen LogP contribution in [0.4, 0.5) is 4.79 Å². The summed E-state index contributed by atoms with van der Waals surface area (Å²) in [6.45, 7) is 0.656. The second-order valence-corrected chi connectivity index (χ2v) is 4.64. The minimum atomic E-state index is -0.684. The van der Waals surface area contributed by atoms with Crippen LogP contribution >= 0.6 is 0 Å². The number of rotatable bonds is 3. The van der Waals surface area contributed by atoms with E-state index in [4.69, 9.17) is 5.11 Å². The molecule has 0 aromatic carbocycles. The van der Waals surface area contributed by atoms with Crippen LogP contribution in [0.1, 0.15) is 25.7 Å². The van der Waals surface area contributed by atoms with Crippen LogP contribution in [0.25, 0.3) is 0 Å². The number of hydrogen-bond donors (Lipinski definition) is 2. The molecular weight excluding hydrogens is 208 g/mol. The van der Waals surface area contributed by atoms with E-state index in [2.05, 4.69) is 5.32 Å². The van der Waals surface area contributed by atoms with E-state index < -0.39 is 5.97 Å². The highest BCUT2D eigenvalue weighted by molar-refractivity contribution is 5.73. The highest BCUT2D eigenvalue weighted by Gasteiger charge is 2.25. The molecule has 0 aromatic heterocycles. The Morgan fingerprint density at radius 2 is 1.81 bits per heavy atom. The first-order valence-electron chi connectivity index (χ1n) is 5.68. The van der Waals surface area contributed by atoms with Gasteiger partial charge >= 0.3 is 12.0 Å². The number of hydrogen-bond acceptors (Lipinski definition) is 2. The van der Waals surface area contributed by atoms with Gasteiger partial charge in [0.25, 0.3) is 0 Å². The van der Waals surface area contributed by atoms with E-state index in [1.165, 1.54) is 4.90 Å². The van der Waals surface area contributed by atoms with Gasteiger partial charge in [0.1, 0.15) is 0 Å². The van der Waals surface area contributed by atoms with Crippen molar-refractivity contribution in [3.8, 4) is 0 Å². The number of aliphatic carboxylic acids is 1. The molecule has 0 unspecified atom stereocenters. The van der Waals surface area contributed by atoms with Gasteiger partial charge in [-0.3, -0.25) is 4.79 Å². The fourth-order valence-corrected chi connectivity index (χ4v) is 2.00. The molecule has 0 aromatic rings. The molecule has 1 aliphatic carbocycles. The molecule has 1 fully saturated rings. The molecule has 5 nitrogen and oxygen atoms in total. The molecule has 0 heterocycles. The molecule has 2 N–H and O–H groups in total. The molecule has 0 spiro atoms. The van der Waals surface area contributed by atoms with Gasteiger partial charge in [-0.2, -0.15) is 0 Å². The van der Waals surface area contributed by atoms with Crippen molar-refractivity contribution < 1.29 is 14.7 Å². The van der Waals surface area contributed by atoms with Crippen LogP contribution < -0.4 is 5.32 Å². The van der Waals surface area contributed by atoms with Gasteiger partial charge in [-0.15, -0.1) is 0 Å². The van der Waals surface area contributed by atoms with Gasteiger partial charge in [0, 0.05) is 20.6 Å². The first kappa shape index (κ1) is 12.8. The highest BCUT2D eigenvalue weighted by Crippen LogP contribution is 2.28. The Hall–Kier alpha value is -1.26. The smallest absolute Gasteiger partial charge is 0.316 e. The largest absolute Gasteiger partial charge is 0.481 e. The Morgan fingerprint density at radius 1 is 1.25 bits per heavy atom. The highest BCUT2D eigenvalue weighted by atomic mass is 16.4. The topological polar surface area (TPSA) is 69.6 Å². The number of urea groups is 1. The van der Waals surface area contributed by atoms with Crippen LogP contribution in [0.15, 0.2) is 0 Å². The van der Waals surface area contributed by atoms with Crippen molar-refractivity contribution in [3.05, 3.63) is 0 Å². The van der Waals surface area contributed by atoms with E-state index >= 15 is 0 Å². The summed E-state index contributed by atoms with van der Waals surface area (Å²) in [6.07, 6.45) is 3.25. The molecule has 1 saturated carbocycles. The maximum atomic E-state index is 11.3. The predicted molar refractivity (Wildman–Crippen MR) is 60.2 cm³/mol. The van der Waals surface area contributed by atoms with Crippen molar-refractivity contribution in [3.63, 3.8) is 0 Å². The standard InChI is InChI=1S/C11H20N2O3/c1-13(2)11(16)12-7-8-3-5-9(6-4-8)10(14)15/h8-9H,3-7H2,1-2H3,(H,12,16)(H,14,15). The summed E-state index contributed by atoms with van der Waals surface area (Å²) < 4.78 is 0. The Morgan fingerprint density at radius 3 is 2.25 bits per heavy atom. The maximum absolute atomic E-state index is 11.3. The molecule has 2 amide bonds. The Bertz CT molecular complexity index is 258. The normalized spacial score (nSPS) is 24.9. The summed E-state index contributed by atoms with van der Waals surface area (Å²) in [7, 11) is 3.41. The lowest BCUT2D eigenvalue weighted by Gasteiger charge is -2.26. The first-order valence-corrected chi connectivity index (χ1v) is 5.68. The monoisotopic (exact) mass is 228 g/mol. The van der Waals surface area contributed by atoms with Crippen LogP contribution in [0.2, 0.25) is 0 Å². The predicted octanol–water partition coefficient (Wildman–Crippen LogP) is 1.15. The Balaban J connectivity index is 2.22. The Kier molecular flexibility index (Phi) is 4.58. The van der Waals surface area contributed by atoms with Gasteiger partial charge in [-0.1, -0.05) is 0 Å². The number of carboxylic acid groups (broad SMARTS) is 1. The van der Waals surface area contributed by atoms with Gasteiger partial charge in [0.2, 0.25) is 0 Å². The van der Waals surface area contributed by atoms with Gasteiger partial charge in [0.05, 0.1) is 5.92 Å². The van der Waals surface area contributed by atoms with Crippen molar-refractivity contribution in [1.82, 2.24) is 10.2 Å². The molecular formula is C11H20N2O3. The van der Waals surface area contributed by atoms with Crippen LogP contribution in [-0.4, -0.2) is 42.6 Å². The third-order valence-corrected chi connectivity index (χ3v) is 3.14. The zero-order chi connectivity index (χ0) is 12.1. The molecule has 16 heavy (non-hydrogen) atoms. The van der Waals surface area contributed by atoms with Gasteiger partial charge in [-0.05, 0) is 31.6 Å². The summed E-state index contributed by atoms with van der Waals surface area (Å²) in [4.78, 5) is 23.5. The van der Waals surface area contributed by atoms with E-state index in [9.17, 15) is 9.59 Å². The number of carbonyl (C=O) groups excluding carboxylic acids is 1. The van der Waals surface area contributed by atoms with Crippen LogP contribution in [0.5, 0.6) is 0 Å². The quantitative estimate of drug-likeness (QED) is 0.761. The third-order valence-electron chi connectivity index (χ3n) is 3.14. The molecule has 0 aliphatic heterocycles. The second kappa shape index (κ2) is 5.72. The van der Waals surface area contributed by atoms with Gasteiger partial charge < -0.3 is 15.3 Å². The van der Waals surface area contributed by atoms with Crippen molar-refractivity contribution in [2.24, 2.45) is 11.8 Å². The lowest BCUT2D eigenvalue weighted by atomic mass is 9.82. The van der Waals surface area contributed by atoms with E-state index in [0.29, 0.717) is 12.5 Å². The minimum Gasteiger partial charge on any atom is -0.481 e. The number of carboxylic acids is 1. The van der Waals surface area contributed by atoms with Crippen molar-refractivity contribution in [2.45, 2.75) is 25.7 Å². The van der Waals surface area contributed by atoms with E-state index in [1.807, 2.05) is 0 Å². The zero-order valence-corrected chi connectivity index (χ0v) is 9.90. The average molecular weight is 228 g/mol. The molecule has 0 atom stereocenters. The summed E-state index contributed by atoms with van der Waals surface area (Å²) >= 11 is 0. The third kappa shape index (κ3) is 3.72. The minimum absolute atomic E-state index is 0.0830. The van der Waals surface area contributed by atoms with Gasteiger partial charge in [0.15, 0.2) is 0 Å². The molecule has 92 valence electrons. The van der Waals surface area contributed by atoms with Crippen LogP contribution in [0.3, 0.4) is 0 Å². The lowest BCUT2D eigenvalue weighted by molar-refractivity contribution is -0.143. The van der Waals surface area contributed by atoms with Crippen LogP contribution in [0, 0.1) is 11.8 Å². The molecule has 0 bridgehead atoms. The number of carbonyl (C=O) groups is 2. The average Bonchev–Trinajstić information content (AvgIpc) is 2.26. The van der Waals surface area contributed by atoms with Crippen molar-refractivity contribution in [1.29, 1.82) is 0 Å². The zero-order valence-electron chi connectivity index (χ0n) is 9.90. The lowest BCUT2D eigenvalue weighted by Crippen LogP contribution is -2.38. The number of nitrogens with one attached hydrogen (secondary N) is 1. The maximum Gasteiger partial charge on any atom is 0.316 e. The molecule has 0 saturated heterocycles. The number of amides is 2. The molecule has 5 heteroatoms. The molecule has 1 rings (SSSR count). The first-order chi connectivity index (χ1) is 7.50. The Labute approximate surface area is 95.8 Å². The fraction of sp³-hybridized carbons (Fsp3) is 0.818. The van der Waals surface area contributed by atoms with Crippen LogP contribution in [-0.2, 0) is 4.79 Å². The van der Waals surface area contributed by atoms with Crippen molar-refractivity contribution >= 4 is 12.0 Å². The SMILES string of the molecule is CN(C)C(=O)NCC1CCC(C(=O)O)CC1. The van der Waals surface area contributed by atoms with E-state index in [0.717, 1.165) is 25.7 Å². The molecule has 1 aliphatic rings. The van der Waals surface area contributed by atoms with E-state index in [-0.39, 0.29) is 11.9 Å². The van der Waals surface area contributed by atoms with E-state index in [1.54, 1.807) is 14.1 Å². The summed E-state index contributed by atoms with van der Waals surface area (Å²) in [6, 6.07) is -0.0830.